The van der Waals surface area contributed by atoms with Crippen LogP contribution in [-0.2, 0) is 6.61 Å². The molecule has 0 aliphatic carbocycles. The lowest BCUT2D eigenvalue weighted by molar-refractivity contribution is 0.277. The number of aliphatic hydroxyl groups is 1. The van der Waals surface area contributed by atoms with Crippen LogP contribution in [0.5, 0.6) is 5.75 Å². The minimum atomic E-state index is -0.135. The van der Waals surface area contributed by atoms with Gasteiger partial charge in [-0.2, -0.15) is 0 Å². The summed E-state index contributed by atoms with van der Waals surface area (Å²) in [5, 5.41) is 9.25. The van der Waals surface area contributed by atoms with Gasteiger partial charge < -0.3 is 9.84 Å². The summed E-state index contributed by atoms with van der Waals surface area (Å²) in [5.74, 6) is 49.7. The molecule has 0 aliphatic rings. The predicted molar refractivity (Wildman–Crippen MR) is 171 cm³/mol. The second-order valence-corrected chi connectivity index (χ2v) is 4.99. The fourth-order valence-corrected chi connectivity index (χ4v) is 1.56. The third-order valence-electron chi connectivity index (χ3n) is 2.80. The molecule has 1 rings (SSSR count). The van der Waals surface area contributed by atoms with E-state index in [1.54, 1.807) is 12.1 Å². The van der Waals surface area contributed by atoms with E-state index in [1.165, 1.54) is 0 Å². The molecule has 0 aliphatic heterocycles. The van der Waals surface area contributed by atoms with Crippen molar-refractivity contribution >= 4 is 0 Å². The number of hydrogen-bond donors (Lipinski definition) is 1. The molecule has 1 N–H and O–H groups in total. The number of hydrogen-bond acceptors (Lipinski definition) is 2. The maximum Gasteiger partial charge on any atom is 0.146 e. The monoisotopic (exact) mass is 446 g/mol. The van der Waals surface area contributed by atoms with Gasteiger partial charge in [0.2, 0.25) is 0 Å². The quantitative estimate of drug-likeness (QED) is 0.500. The van der Waals surface area contributed by atoms with Crippen LogP contribution in [0.4, 0.5) is 0 Å². The average Bonchev–Trinajstić information content (AvgIpc) is 2.80. The highest BCUT2D eigenvalue weighted by Gasteiger charge is 2.01. The standard InChI is InChI=1S/C30H10O2.22H2/c1-3-4-5-6-7-8-9-10-11-12-13-14-15-16-17-18-19-20-21-22-25-32-30-26-28(2)23-24-29(30)27-31;;;;;;;;;;;;;;;;;;;;;;/h1,23-24,26,31H,27H2,2H3;22*1H. The van der Waals surface area contributed by atoms with Gasteiger partial charge in [-0.25, -0.2) is 0 Å². The van der Waals surface area contributed by atoms with E-state index in [4.69, 9.17) is 11.2 Å². The largest absolute Gasteiger partial charge is 0.406 e. The number of terminal acetylenes is 1. The van der Waals surface area contributed by atoms with E-state index in [-0.39, 0.29) is 38.0 Å². The summed E-state index contributed by atoms with van der Waals surface area (Å²) in [6.45, 7) is 1.78. The van der Waals surface area contributed by atoms with Gasteiger partial charge in [0.1, 0.15) is 11.9 Å². The molecule has 0 fully saturated rings. The first kappa shape index (κ1) is 24.2. The Morgan fingerprint density at radius 1 is 0.688 bits per heavy atom. The molecule has 0 atom stereocenters. The van der Waals surface area contributed by atoms with Crippen LogP contribution >= 0.6 is 0 Å². The van der Waals surface area contributed by atoms with E-state index >= 15 is 0 Å². The molecule has 1 aromatic carbocycles. The number of benzene rings is 1. The van der Waals surface area contributed by atoms with E-state index < -0.39 is 0 Å². The van der Waals surface area contributed by atoms with Crippen molar-refractivity contribution in [2.24, 2.45) is 0 Å². The Hall–Kier alpha value is -5.86. The number of rotatable bonds is 2. The SMILES string of the molecule is C#CC#CC#CC#CC#CC#CC#CC#CC#CC#CC#COc1cc(C)ccc1CO.[HH].[HH].[HH].[HH].[HH].[HH].[HH].[HH].[HH].[HH].[HH].[HH].[HH].[HH].[HH].[HH].[HH].[HH].[HH].[HH].[HH].[HH]. The molecule has 1 aromatic rings. The van der Waals surface area contributed by atoms with Gasteiger partial charge in [0.05, 0.1) is 6.61 Å². The lowest BCUT2D eigenvalue weighted by Crippen LogP contribution is -1.92. The fourth-order valence-electron chi connectivity index (χ4n) is 1.56. The van der Waals surface area contributed by atoms with Gasteiger partial charge in [-0.3, -0.25) is 0 Å². The molecule has 0 saturated carbocycles. The van der Waals surface area contributed by atoms with Crippen LogP contribution in [-0.4, -0.2) is 5.11 Å². The fraction of sp³-hybridized carbons (Fsp3) is 0.0667. The van der Waals surface area contributed by atoms with Gasteiger partial charge in [-0.15, -0.1) is 6.42 Å². The molecular formula is C30H54O2. The van der Waals surface area contributed by atoms with Crippen LogP contribution in [0.15, 0.2) is 18.2 Å². The van der Waals surface area contributed by atoms with E-state index in [9.17, 15) is 5.11 Å². The number of ether oxygens (including phenoxy) is 1. The van der Waals surface area contributed by atoms with Crippen LogP contribution in [0.3, 0.4) is 0 Å². The summed E-state index contributed by atoms with van der Waals surface area (Å²) in [4.78, 5) is 0. The Kier molecular flexibility index (Phi) is 13.0. The van der Waals surface area contributed by atoms with Crippen LogP contribution in [0, 0.1) is 138 Å². The lowest BCUT2D eigenvalue weighted by atomic mass is 10.1. The van der Waals surface area contributed by atoms with Gasteiger partial charge in [0.15, 0.2) is 0 Å². The molecule has 0 amide bonds. The molecular weight excluding hydrogens is 392 g/mol. The lowest BCUT2D eigenvalue weighted by Gasteiger charge is -2.04. The minimum Gasteiger partial charge on any atom is -0.406 e. The Bertz CT molecular complexity index is 1600. The summed E-state index contributed by atoms with van der Waals surface area (Å²) >= 11 is 0. The number of aryl methyl sites for hydroxylation is 1. The van der Waals surface area contributed by atoms with Crippen molar-refractivity contribution in [1.82, 2.24) is 0 Å². The molecule has 32 heavy (non-hydrogen) atoms. The summed E-state index contributed by atoms with van der Waals surface area (Å²) in [5.41, 5.74) is 1.64. The van der Waals surface area contributed by atoms with Gasteiger partial charge >= 0.3 is 0 Å². The Morgan fingerprint density at radius 3 is 1.50 bits per heavy atom. The molecule has 2 heteroatoms. The van der Waals surface area contributed by atoms with Crippen molar-refractivity contribution in [3.05, 3.63) is 29.3 Å². The van der Waals surface area contributed by atoms with Gasteiger partial charge in [0, 0.05) is 108 Å². The van der Waals surface area contributed by atoms with Crippen molar-refractivity contribution in [2.75, 3.05) is 0 Å². The summed E-state index contributed by atoms with van der Waals surface area (Å²) in [7, 11) is 0. The zero-order chi connectivity index (χ0) is 23.1. The van der Waals surface area contributed by atoms with Crippen LogP contribution < -0.4 is 4.74 Å². The first-order valence-corrected chi connectivity index (χ1v) is 8.60. The highest BCUT2D eigenvalue weighted by Crippen LogP contribution is 2.19. The minimum absolute atomic E-state index is 0. The van der Waals surface area contributed by atoms with Gasteiger partial charge in [0.25, 0.3) is 0 Å². The summed E-state index contributed by atoms with van der Waals surface area (Å²) < 4.78 is 5.28. The van der Waals surface area contributed by atoms with Crippen molar-refractivity contribution < 1.29 is 41.2 Å². The molecule has 0 spiro atoms. The zero-order valence-electron chi connectivity index (χ0n) is 16.9. The Balaban J connectivity index is -0.0000000233. The maximum atomic E-state index is 9.25. The van der Waals surface area contributed by atoms with E-state index in [0.717, 1.165) is 5.56 Å². The first-order chi connectivity index (χ1) is 15.8. The topological polar surface area (TPSA) is 29.5 Å². The third kappa shape index (κ3) is 12.5. The maximum absolute atomic E-state index is 9.25. The smallest absolute Gasteiger partial charge is 0.146 e. The van der Waals surface area contributed by atoms with Gasteiger partial charge in [-0.05, 0) is 65.9 Å². The van der Waals surface area contributed by atoms with Crippen LogP contribution in [0.1, 0.15) is 42.5 Å². The van der Waals surface area contributed by atoms with Crippen molar-refractivity contribution in [1.29, 1.82) is 0 Å². The molecule has 0 radical (unpaired) electrons. The highest BCUT2D eigenvalue weighted by molar-refractivity contribution is 5.47. The molecule has 0 bridgehead atoms. The molecule has 2 nitrogen and oxygen atoms in total. The average molecular weight is 447 g/mol. The van der Waals surface area contributed by atoms with Crippen molar-refractivity contribution in [3.8, 4) is 137 Å². The third-order valence-corrected chi connectivity index (χ3v) is 2.80. The van der Waals surface area contributed by atoms with Crippen molar-refractivity contribution in [3.63, 3.8) is 0 Å². The van der Waals surface area contributed by atoms with Gasteiger partial charge in [-0.1, -0.05) is 12.1 Å². The van der Waals surface area contributed by atoms with Crippen LogP contribution in [0.25, 0.3) is 0 Å². The normalized spacial score (nSPS) is 5.91. The molecule has 0 unspecified atom stereocenters. The summed E-state index contributed by atoms with van der Waals surface area (Å²) in [6, 6.07) is 5.44. The first-order valence-electron chi connectivity index (χ1n) is 8.60. The molecule has 0 saturated heterocycles. The molecule has 186 valence electrons. The van der Waals surface area contributed by atoms with Crippen LogP contribution in [0.2, 0.25) is 0 Å². The van der Waals surface area contributed by atoms with E-state index in [1.807, 2.05) is 13.0 Å². The van der Waals surface area contributed by atoms with E-state index in [2.05, 4.69) is 125 Å². The Labute approximate surface area is 222 Å². The van der Waals surface area contributed by atoms with Crippen molar-refractivity contribution in [2.45, 2.75) is 13.5 Å². The Morgan fingerprint density at radius 2 is 1.09 bits per heavy atom. The zero-order valence-corrected chi connectivity index (χ0v) is 16.9. The second kappa shape index (κ2) is 17.3. The van der Waals surface area contributed by atoms with E-state index in [0.29, 0.717) is 11.3 Å². The highest BCUT2D eigenvalue weighted by atomic mass is 16.5. The second-order valence-electron chi connectivity index (χ2n) is 4.99. The molecule has 0 heterocycles. The number of aliphatic hydroxyl groups excluding tert-OH is 1. The molecule has 0 aromatic heterocycles. The summed E-state index contributed by atoms with van der Waals surface area (Å²) in [6.07, 6.45) is 7.37. The predicted octanol–water partition coefficient (Wildman–Crippen LogP) is 6.90.